The van der Waals surface area contributed by atoms with E-state index < -0.39 is 5.97 Å². The second kappa shape index (κ2) is 4.89. The fraction of sp³-hybridized carbons (Fsp3) is 0.692. The lowest BCUT2D eigenvalue weighted by molar-refractivity contribution is -0.132. The highest BCUT2D eigenvalue weighted by Gasteiger charge is 2.36. The van der Waals surface area contributed by atoms with Crippen molar-refractivity contribution in [2.75, 3.05) is 6.61 Å². The van der Waals surface area contributed by atoms with Crippen molar-refractivity contribution in [3.63, 3.8) is 0 Å². The third kappa shape index (κ3) is 2.50. The first-order valence-electron chi connectivity index (χ1n) is 6.16. The Bertz CT molecular complexity index is 386. The van der Waals surface area contributed by atoms with Crippen molar-refractivity contribution in [3.05, 3.63) is 11.1 Å². The van der Waals surface area contributed by atoms with Crippen LogP contribution in [0.2, 0.25) is 0 Å². The van der Waals surface area contributed by atoms with Gasteiger partial charge in [0, 0.05) is 0 Å². The van der Waals surface area contributed by atoms with Gasteiger partial charge >= 0.3 is 5.97 Å². The van der Waals surface area contributed by atoms with Gasteiger partial charge in [-0.2, -0.15) is 5.26 Å². The smallest absolute Gasteiger partial charge is 0.346 e. The first-order chi connectivity index (χ1) is 8.17. The van der Waals surface area contributed by atoms with Crippen molar-refractivity contribution >= 4 is 5.97 Å². The molecule has 0 unspecified atom stereocenters. The molecule has 2 rings (SSSR count). The maximum absolute atomic E-state index is 10.9. The molecule has 1 spiro atoms. The van der Waals surface area contributed by atoms with Gasteiger partial charge in [0.05, 0.1) is 12.2 Å². The highest BCUT2D eigenvalue weighted by atomic mass is 16.5. The molecule has 1 heterocycles. The third-order valence-electron chi connectivity index (χ3n) is 3.89. The molecule has 0 aromatic carbocycles. The minimum atomic E-state index is -1.11. The first-order valence-corrected chi connectivity index (χ1v) is 6.16. The Balaban J connectivity index is 2.15. The van der Waals surface area contributed by atoms with Gasteiger partial charge in [0.2, 0.25) is 0 Å². The quantitative estimate of drug-likeness (QED) is 0.559. The summed E-state index contributed by atoms with van der Waals surface area (Å²) in [6.45, 7) is 0.549. The summed E-state index contributed by atoms with van der Waals surface area (Å²) in [7, 11) is 0. The Morgan fingerprint density at radius 3 is 2.59 bits per heavy atom. The summed E-state index contributed by atoms with van der Waals surface area (Å²) in [5.74, 6) is -1.11. The Morgan fingerprint density at radius 1 is 1.29 bits per heavy atom. The van der Waals surface area contributed by atoms with Gasteiger partial charge in [-0.1, -0.05) is 12.8 Å². The molecule has 17 heavy (non-hydrogen) atoms. The molecule has 1 aliphatic carbocycles. The topological polar surface area (TPSA) is 70.3 Å². The fourth-order valence-electron chi connectivity index (χ4n) is 2.91. The number of hydrogen-bond acceptors (Lipinski definition) is 3. The number of nitrogens with zero attached hydrogens (tertiary/aromatic N) is 1. The molecular formula is C13H17NO3. The molecule has 92 valence electrons. The van der Waals surface area contributed by atoms with Crippen molar-refractivity contribution in [2.45, 2.75) is 50.5 Å². The molecule has 0 atom stereocenters. The lowest BCUT2D eigenvalue weighted by Gasteiger charge is -2.27. The van der Waals surface area contributed by atoms with E-state index in [0.29, 0.717) is 19.4 Å². The minimum absolute atomic E-state index is 0.0270. The van der Waals surface area contributed by atoms with Crippen LogP contribution >= 0.6 is 0 Å². The van der Waals surface area contributed by atoms with Gasteiger partial charge in [0.1, 0.15) is 11.6 Å². The van der Waals surface area contributed by atoms with Gasteiger partial charge in [-0.15, -0.1) is 0 Å². The first kappa shape index (κ1) is 12.1. The van der Waals surface area contributed by atoms with E-state index in [-0.39, 0.29) is 11.2 Å². The lowest BCUT2D eigenvalue weighted by Crippen LogP contribution is -2.27. The van der Waals surface area contributed by atoms with Crippen molar-refractivity contribution in [2.24, 2.45) is 0 Å². The van der Waals surface area contributed by atoms with E-state index in [0.717, 1.165) is 24.8 Å². The molecule has 0 aromatic rings. The van der Waals surface area contributed by atoms with Crippen molar-refractivity contribution in [1.29, 1.82) is 5.26 Å². The number of nitriles is 1. The Labute approximate surface area is 101 Å². The molecule has 0 amide bonds. The molecule has 1 aliphatic heterocycles. The van der Waals surface area contributed by atoms with Gasteiger partial charge in [-0.3, -0.25) is 0 Å². The number of hydrogen-bond donors (Lipinski definition) is 1. The summed E-state index contributed by atoms with van der Waals surface area (Å²) >= 11 is 0. The normalized spacial score (nSPS) is 26.3. The van der Waals surface area contributed by atoms with Crippen LogP contribution < -0.4 is 0 Å². The Kier molecular flexibility index (Phi) is 3.49. The summed E-state index contributed by atoms with van der Waals surface area (Å²) in [6.07, 6.45) is 6.68. The zero-order valence-corrected chi connectivity index (χ0v) is 9.87. The van der Waals surface area contributed by atoms with Crippen molar-refractivity contribution < 1.29 is 14.6 Å². The number of ether oxygens (including phenoxy) is 1. The molecule has 0 radical (unpaired) electrons. The summed E-state index contributed by atoms with van der Waals surface area (Å²) in [6, 6.07) is 1.80. The van der Waals surface area contributed by atoms with Crippen molar-refractivity contribution in [1.82, 2.24) is 0 Å². The maximum atomic E-state index is 10.9. The van der Waals surface area contributed by atoms with Gasteiger partial charge in [0.25, 0.3) is 0 Å². The van der Waals surface area contributed by atoms with E-state index in [4.69, 9.17) is 15.1 Å². The standard InChI is InChI=1S/C13H17NO3/c14-9-11(12(15)16)10-3-7-13(17-8-4-10)5-1-2-6-13/h1-8H2,(H,15,16). The minimum Gasteiger partial charge on any atom is -0.477 e. The van der Waals surface area contributed by atoms with Crippen LogP contribution in [0.25, 0.3) is 0 Å². The molecule has 4 heteroatoms. The number of carboxylic acids is 1. The molecule has 0 bridgehead atoms. The van der Waals surface area contributed by atoms with Crippen LogP contribution in [-0.4, -0.2) is 23.3 Å². The lowest BCUT2D eigenvalue weighted by atomic mass is 9.92. The molecule has 1 saturated heterocycles. The molecule has 1 saturated carbocycles. The van der Waals surface area contributed by atoms with Crippen LogP contribution in [0.1, 0.15) is 44.9 Å². The van der Waals surface area contributed by atoms with Crippen LogP contribution in [0.4, 0.5) is 0 Å². The number of rotatable bonds is 1. The third-order valence-corrected chi connectivity index (χ3v) is 3.89. The van der Waals surface area contributed by atoms with Crippen LogP contribution in [-0.2, 0) is 9.53 Å². The molecule has 0 aromatic heterocycles. The zero-order valence-electron chi connectivity index (χ0n) is 9.87. The van der Waals surface area contributed by atoms with Crippen molar-refractivity contribution in [3.8, 4) is 6.07 Å². The number of carbonyl (C=O) groups is 1. The van der Waals surface area contributed by atoms with E-state index in [1.165, 1.54) is 12.8 Å². The second-order valence-corrected chi connectivity index (χ2v) is 4.88. The Morgan fingerprint density at radius 2 is 2.00 bits per heavy atom. The van der Waals surface area contributed by atoms with Crippen LogP contribution in [0.15, 0.2) is 11.1 Å². The second-order valence-electron chi connectivity index (χ2n) is 4.88. The maximum Gasteiger partial charge on any atom is 0.346 e. The van der Waals surface area contributed by atoms with Gasteiger partial charge in [-0.25, -0.2) is 4.79 Å². The van der Waals surface area contributed by atoms with Gasteiger partial charge in [-0.05, 0) is 37.7 Å². The van der Waals surface area contributed by atoms with E-state index in [2.05, 4.69) is 0 Å². The predicted octanol–water partition coefficient (Wildman–Crippen LogP) is 2.40. The monoisotopic (exact) mass is 235 g/mol. The summed E-state index contributed by atoms with van der Waals surface area (Å²) in [4.78, 5) is 10.9. The van der Waals surface area contributed by atoms with E-state index in [9.17, 15) is 4.79 Å². The average Bonchev–Trinajstić information content (AvgIpc) is 2.64. The van der Waals surface area contributed by atoms with Crippen LogP contribution in [0.3, 0.4) is 0 Å². The van der Waals surface area contributed by atoms with E-state index in [1.54, 1.807) is 6.07 Å². The molecule has 2 fully saturated rings. The van der Waals surface area contributed by atoms with Crippen LogP contribution in [0, 0.1) is 11.3 Å². The van der Waals surface area contributed by atoms with E-state index >= 15 is 0 Å². The average molecular weight is 235 g/mol. The molecular weight excluding hydrogens is 218 g/mol. The molecule has 2 aliphatic rings. The zero-order chi connectivity index (χ0) is 12.3. The van der Waals surface area contributed by atoms with Crippen LogP contribution in [0.5, 0.6) is 0 Å². The molecule has 4 nitrogen and oxygen atoms in total. The highest BCUT2D eigenvalue weighted by molar-refractivity contribution is 5.92. The summed E-state index contributed by atoms with van der Waals surface area (Å²) < 4.78 is 5.92. The largest absolute Gasteiger partial charge is 0.477 e. The number of aliphatic carboxylic acids is 1. The summed E-state index contributed by atoms with van der Waals surface area (Å²) in [5, 5.41) is 17.8. The fourth-order valence-corrected chi connectivity index (χ4v) is 2.91. The SMILES string of the molecule is N#CC(C(=O)O)=C1CCOC2(CCCC2)CC1. The summed E-state index contributed by atoms with van der Waals surface area (Å²) in [5.41, 5.74) is 0.647. The highest BCUT2D eigenvalue weighted by Crippen LogP contribution is 2.40. The van der Waals surface area contributed by atoms with E-state index in [1.807, 2.05) is 0 Å². The number of carboxylic acid groups (broad SMARTS) is 1. The van der Waals surface area contributed by atoms with Gasteiger partial charge in [0.15, 0.2) is 0 Å². The predicted molar refractivity (Wildman–Crippen MR) is 61.3 cm³/mol. The Hall–Kier alpha value is -1.34. The molecule has 1 N–H and O–H groups in total. The van der Waals surface area contributed by atoms with Gasteiger partial charge < -0.3 is 9.84 Å².